The van der Waals surface area contributed by atoms with Crippen LogP contribution in [0.2, 0.25) is 0 Å². The van der Waals surface area contributed by atoms with Crippen LogP contribution in [0.5, 0.6) is 5.75 Å². The molecule has 0 aliphatic heterocycles. The second kappa shape index (κ2) is 8.16. The van der Waals surface area contributed by atoms with E-state index >= 15 is 0 Å². The highest BCUT2D eigenvalue weighted by Gasteiger charge is 2.13. The van der Waals surface area contributed by atoms with Crippen LogP contribution in [0.1, 0.15) is 11.1 Å². The summed E-state index contributed by atoms with van der Waals surface area (Å²) >= 11 is 2.99. The lowest BCUT2D eigenvalue weighted by molar-refractivity contribution is -0.385. The zero-order chi connectivity index (χ0) is 19.3. The number of aromatic hydroxyl groups is 1. The molecule has 0 atom stereocenters. The molecule has 11 heteroatoms. The molecule has 0 saturated heterocycles. The largest absolute Gasteiger partial charge is 0.506 e. The van der Waals surface area contributed by atoms with Crippen LogP contribution >= 0.6 is 15.9 Å². The average Bonchev–Trinajstić information content (AvgIpc) is 2.58. The van der Waals surface area contributed by atoms with Gasteiger partial charge in [-0.3, -0.25) is 25.0 Å². The van der Waals surface area contributed by atoms with E-state index in [0.29, 0.717) is 5.56 Å². The van der Waals surface area contributed by atoms with Gasteiger partial charge >= 0.3 is 0 Å². The molecule has 0 fully saturated rings. The van der Waals surface area contributed by atoms with Crippen LogP contribution in [-0.2, 0) is 11.2 Å². The predicted octanol–water partition coefficient (Wildman–Crippen LogP) is 2.66. The van der Waals surface area contributed by atoms with Gasteiger partial charge in [-0.15, -0.1) is 0 Å². The molecule has 0 spiro atoms. The first-order valence-electron chi connectivity index (χ1n) is 7.00. The molecular weight excluding hydrogens is 412 g/mol. The molecule has 26 heavy (non-hydrogen) atoms. The minimum absolute atomic E-state index is 0.0433. The summed E-state index contributed by atoms with van der Waals surface area (Å²) < 4.78 is 0.116. The summed E-state index contributed by atoms with van der Waals surface area (Å²) in [5, 5.41) is 34.9. The van der Waals surface area contributed by atoms with Crippen LogP contribution in [0.15, 0.2) is 46.0 Å². The molecule has 0 bridgehead atoms. The number of hydrogen-bond donors (Lipinski definition) is 2. The number of nitro groups is 2. The van der Waals surface area contributed by atoms with Gasteiger partial charge < -0.3 is 5.11 Å². The number of hydrazone groups is 1. The van der Waals surface area contributed by atoms with Crippen LogP contribution in [0.25, 0.3) is 0 Å². The Bertz CT molecular complexity index is 898. The fourth-order valence-corrected chi connectivity index (χ4v) is 2.41. The van der Waals surface area contributed by atoms with E-state index in [-0.39, 0.29) is 33.6 Å². The van der Waals surface area contributed by atoms with Crippen LogP contribution in [-0.4, -0.2) is 27.1 Å². The zero-order valence-electron chi connectivity index (χ0n) is 13.0. The highest BCUT2D eigenvalue weighted by Crippen LogP contribution is 2.31. The number of benzene rings is 2. The van der Waals surface area contributed by atoms with Gasteiger partial charge in [-0.2, -0.15) is 5.10 Å². The third-order valence-electron chi connectivity index (χ3n) is 3.19. The number of nitro benzene ring substituents is 2. The number of carbonyl (C=O) groups is 1. The molecule has 10 nitrogen and oxygen atoms in total. The summed E-state index contributed by atoms with van der Waals surface area (Å²) in [6.45, 7) is 0. The Morgan fingerprint density at radius 3 is 2.35 bits per heavy atom. The van der Waals surface area contributed by atoms with E-state index in [0.717, 1.165) is 18.3 Å². The summed E-state index contributed by atoms with van der Waals surface area (Å²) in [6, 6.07) is 7.71. The molecule has 1 amide bonds. The Balaban J connectivity index is 2.03. The topological polar surface area (TPSA) is 148 Å². The Morgan fingerprint density at radius 2 is 1.77 bits per heavy atom. The molecular formula is C15H11BrN4O6. The summed E-state index contributed by atoms with van der Waals surface area (Å²) in [5.41, 5.74) is 2.46. The summed E-state index contributed by atoms with van der Waals surface area (Å²) in [4.78, 5) is 32.0. The van der Waals surface area contributed by atoms with E-state index in [9.17, 15) is 30.1 Å². The molecule has 0 aromatic heterocycles. The first kappa shape index (κ1) is 19.0. The Morgan fingerprint density at radius 1 is 1.15 bits per heavy atom. The number of amides is 1. The number of rotatable bonds is 6. The Hall–Kier alpha value is -3.34. The van der Waals surface area contributed by atoms with Crippen molar-refractivity contribution in [2.75, 3.05) is 0 Å². The Kier molecular flexibility index (Phi) is 5.96. The van der Waals surface area contributed by atoms with Crippen molar-refractivity contribution in [2.24, 2.45) is 5.10 Å². The summed E-state index contributed by atoms with van der Waals surface area (Å²) in [7, 11) is 0. The van der Waals surface area contributed by atoms with Gasteiger partial charge in [0.05, 0.1) is 27.0 Å². The maximum Gasteiger partial charge on any atom is 0.271 e. The van der Waals surface area contributed by atoms with Crippen molar-refractivity contribution in [1.29, 1.82) is 0 Å². The molecule has 0 unspecified atom stereocenters. The second-order valence-corrected chi connectivity index (χ2v) is 5.87. The number of phenolic OH excluding ortho intramolecular Hbond substituents is 1. The highest BCUT2D eigenvalue weighted by molar-refractivity contribution is 9.10. The molecule has 0 saturated carbocycles. The molecule has 2 rings (SSSR count). The van der Waals surface area contributed by atoms with Gasteiger partial charge in [-0.1, -0.05) is 12.1 Å². The van der Waals surface area contributed by atoms with Gasteiger partial charge in [0.2, 0.25) is 5.91 Å². The lowest BCUT2D eigenvalue weighted by Crippen LogP contribution is -2.19. The lowest BCUT2D eigenvalue weighted by Gasteiger charge is -2.03. The van der Waals surface area contributed by atoms with Crippen molar-refractivity contribution in [3.63, 3.8) is 0 Å². The standard InChI is InChI=1S/C15H11BrN4O6/c16-13-7-12(20(25)26)6-10(15(13)22)8-17-18-14(21)5-9-1-3-11(4-2-9)19(23)24/h1-4,6-8,22H,5H2,(H,18,21). The second-order valence-electron chi connectivity index (χ2n) is 5.02. The normalized spacial score (nSPS) is 10.7. The predicted molar refractivity (Wildman–Crippen MR) is 95.0 cm³/mol. The number of phenols is 1. The molecule has 0 aliphatic rings. The van der Waals surface area contributed by atoms with Crippen LogP contribution in [0, 0.1) is 20.2 Å². The number of nitrogens with zero attached hydrogens (tertiary/aromatic N) is 3. The van der Waals surface area contributed by atoms with Gasteiger partial charge in [-0.05, 0) is 21.5 Å². The van der Waals surface area contributed by atoms with Gasteiger partial charge in [0.1, 0.15) is 5.75 Å². The monoisotopic (exact) mass is 422 g/mol. The fraction of sp³-hybridized carbons (Fsp3) is 0.0667. The van der Waals surface area contributed by atoms with Crippen molar-refractivity contribution in [2.45, 2.75) is 6.42 Å². The molecule has 134 valence electrons. The van der Waals surface area contributed by atoms with Crippen molar-refractivity contribution in [3.05, 3.63) is 72.2 Å². The maximum absolute atomic E-state index is 11.8. The average molecular weight is 423 g/mol. The van der Waals surface area contributed by atoms with E-state index in [2.05, 4.69) is 26.5 Å². The third-order valence-corrected chi connectivity index (χ3v) is 3.80. The van der Waals surface area contributed by atoms with E-state index in [1.807, 2.05) is 0 Å². The summed E-state index contributed by atoms with van der Waals surface area (Å²) in [6.07, 6.45) is 1.00. The van der Waals surface area contributed by atoms with Crippen molar-refractivity contribution in [3.8, 4) is 5.75 Å². The number of nitrogens with one attached hydrogen (secondary N) is 1. The number of non-ortho nitro benzene ring substituents is 2. The van der Waals surface area contributed by atoms with Crippen molar-refractivity contribution >= 4 is 39.4 Å². The maximum atomic E-state index is 11.8. The van der Waals surface area contributed by atoms with Gasteiger partial charge in [0, 0.05) is 29.8 Å². The quantitative estimate of drug-likeness (QED) is 0.415. The van der Waals surface area contributed by atoms with Crippen LogP contribution in [0.4, 0.5) is 11.4 Å². The molecule has 0 radical (unpaired) electrons. The minimum atomic E-state index is -0.630. The van der Waals surface area contributed by atoms with E-state index < -0.39 is 15.8 Å². The van der Waals surface area contributed by atoms with Gasteiger partial charge in [-0.25, -0.2) is 5.43 Å². The lowest BCUT2D eigenvalue weighted by atomic mass is 10.1. The smallest absolute Gasteiger partial charge is 0.271 e. The van der Waals surface area contributed by atoms with E-state index in [1.54, 1.807) is 0 Å². The number of hydrogen-bond acceptors (Lipinski definition) is 7. The first-order chi connectivity index (χ1) is 12.3. The molecule has 0 aliphatic carbocycles. The molecule has 2 aromatic carbocycles. The van der Waals surface area contributed by atoms with Gasteiger partial charge in [0.15, 0.2) is 0 Å². The zero-order valence-corrected chi connectivity index (χ0v) is 14.5. The molecule has 2 N–H and O–H groups in total. The van der Waals surface area contributed by atoms with E-state index in [1.165, 1.54) is 24.3 Å². The number of carbonyl (C=O) groups excluding carboxylic acids is 1. The highest BCUT2D eigenvalue weighted by atomic mass is 79.9. The minimum Gasteiger partial charge on any atom is -0.506 e. The van der Waals surface area contributed by atoms with Crippen molar-refractivity contribution < 1.29 is 19.7 Å². The first-order valence-corrected chi connectivity index (χ1v) is 7.79. The fourth-order valence-electron chi connectivity index (χ4n) is 1.94. The van der Waals surface area contributed by atoms with Crippen molar-refractivity contribution in [1.82, 2.24) is 5.43 Å². The SMILES string of the molecule is O=C(Cc1ccc([N+](=O)[O-])cc1)NN=Cc1cc([N+](=O)[O-])cc(Br)c1O. The van der Waals surface area contributed by atoms with E-state index in [4.69, 9.17) is 0 Å². The van der Waals surface area contributed by atoms with Gasteiger partial charge in [0.25, 0.3) is 11.4 Å². The molecule has 0 heterocycles. The van der Waals surface area contributed by atoms with Crippen LogP contribution in [0.3, 0.4) is 0 Å². The number of halogens is 1. The third kappa shape index (κ3) is 4.83. The molecule has 2 aromatic rings. The summed E-state index contributed by atoms with van der Waals surface area (Å²) in [5.74, 6) is -0.761. The Labute approximate surface area is 154 Å². The van der Waals surface area contributed by atoms with Crippen LogP contribution < -0.4 is 5.43 Å².